The zero-order valence-corrected chi connectivity index (χ0v) is 13.3. The number of carbonyl (C=O) groups excluding carboxylic acids is 2. The van der Waals surface area contributed by atoms with Gasteiger partial charge in [0.25, 0.3) is 5.91 Å². The molecule has 2 aromatic rings. The molecule has 3 N–H and O–H groups in total. The van der Waals surface area contributed by atoms with Crippen molar-refractivity contribution in [2.24, 2.45) is 5.73 Å². The Hall–Kier alpha value is -3.29. The number of rotatable bonds is 4. The summed E-state index contributed by atoms with van der Waals surface area (Å²) in [6.07, 6.45) is 2.34. The van der Waals surface area contributed by atoms with Crippen LogP contribution in [0, 0.1) is 0 Å². The van der Waals surface area contributed by atoms with E-state index < -0.39 is 5.91 Å². The third kappa shape index (κ3) is 2.51. The summed E-state index contributed by atoms with van der Waals surface area (Å²) in [4.78, 5) is 29.5. The van der Waals surface area contributed by atoms with Crippen molar-refractivity contribution in [1.29, 1.82) is 0 Å². The van der Waals surface area contributed by atoms with Crippen LogP contribution in [0.2, 0.25) is 0 Å². The van der Waals surface area contributed by atoms with E-state index in [1.807, 2.05) is 4.90 Å². The Morgan fingerprint density at radius 1 is 1.48 bits per heavy atom. The van der Waals surface area contributed by atoms with E-state index in [1.165, 1.54) is 6.26 Å². The largest absolute Gasteiger partial charge is 0.465 e. The highest BCUT2D eigenvalue weighted by Crippen LogP contribution is 2.33. The minimum atomic E-state index is -0.580. The highest BCUT2D eigenvalue weighted by molar-refractivity contribution is 6.03. The molecule has 0 aliphatic carbocycles. The molecule has 0 bridgehead atoms. The van der Waals surface area contributed by atoms with Crippen molar-refractivity contribution in [2.45, 2.75) is 12.1 Å². The molecular weight excluding hydrogens is 324 g/mol. The van der Waals surface area contributed by atoms with Gasteiger partial charge in [-0.25, -0.2) is 9.78 Å². The second-order valence-corrected chi connectivity index (χ2v) is 5.95. The Morgan fingerprint density at radius 2 is 2.32 bits per heavy atom. The molecule has 128 valence electrons. The topological polar surface area (TPSA) is 107 Å². The number of fused-ring (bicyclic) bond motifs is 2. The van der Waals surface area contributed by atoms with Crippen LogP contribution in [-0.4, -0.2) is 42.2 Å². The van der Waals surface area contributed by atoms with Gasteiger partial charge in [-0.1, -0.05) is 6.58 Å². The van der Waals surface area contributed by atoms with Crippen LogP contribution in [0.1, 0.15) is 10.4 Å². The zero-order chi connectivity index (χ0) is 17.6. The van der Waals surface area contributed by atoms with Crippen LogP contribution in [0.25, 0.3) is 10.8 Å². The summed E-state index contributed by atoms with van der Waals surface area (Å²) in [5.41, 5.74) is 5.71. The van der Waals surface area contributed by atoms with Crippen LogP contribution in [0.4, 0.5) is 10.6 Å². The SMILES string of the molecule is C=COc1cc2c(N3CC4NC(=O)OC4C3)nccc2cc1C(N)=O. The van der Waals surface area contributed by atoms with Crippen molar-refractivity contribution in [3.8, 4) is 5.75 Å². The molecular formula is C17H16N4O4. The number of nitrogens with one attached hydrogen (secondary N) is 1. The first-order valence-corrected chi connectivity index (χ1v) is 7.79. The second kappa shape index (κ2) is 5.66. The number of pyridine rings is 1. The highest BCUT2D eigenvalue weighted by Gasteiger charge is 2.42. The Kier molecular flexibility index (Phi) is 3.45. The average Bonchev–Trinajstić information content (AvgIpc) is 3.11. The van der Waals surface area contributed by atoms with Crippen LogP contribution in [0.15, 0.2) is 37.2 Å². The Morgan fingerprint density at radius 3 is 3.04 bits per heavy atom. The Labute approximate surface area is 143 Å². The summed E-state index contributed by atoms with van der Waals surface area (Å²) < 4.78 is 10.6. The number of amides is 2. The second-order valence-electron chi connectivity index (χ2n) is 5.95. The number of aromatic nitrogens is 1. The number of anilines is 1. The lowest BCUT2D eigenvalue weighted by molar-refractivity contribution is 0.0998. The van der Waals surface area contributed by atoms with Crippen molar-refractivity contribution in [1.82, 2.24) is 10.3 Å². The van der Waals surface area contributed by atoms with E-state index in [4.69, 9.17) is 15.2 Å². The van der Waals surface area contributed by atoms with Gasteiger partial charge in [0.05, 0.1) is 24.4 Å². The molecule has 0 saturated carbocycles. The molecule has 2 atom stereocenters. The number of nitrogens with two attached hydrogens (primary N) is 1. The summed E-state index contributed by atoms with van der Waals surface area (Å²) >= 11 is 0. The van der Waals surface area contributed by atoms with Crippen molar-refractivity contribution in [3.63, 3.8) is 0 Å². The van der Waals surface area contributed by atoms with Gasteiger partial charge < -0.3 is 25.4 Å². The number of hydrogen-bond donors (Lipinski definition) is 2. The van der Waals surface area contributed by atoms with Crippen molar-refractivity contribution < 1.29 is 19.1 Å². The lowest BCUT2D eigenvalue weighted by Gasteiger charge is -2.20. The summed E-state index contributed by atoms with van der Waals surface area (Å²) in [6, 6.07) is 5.15. The lowest BCUT2D eigenvalue weighted by Crippen LogP contribution is -2.32. The van der Waals surface area contributed by atoms with Crippen molar-refractivity contribution >= 4 is 28.6 Å². The fourth-order valence-corrected chi connectivity index (χ4v) is 3.35. The molecule has 2 aliphatic rings. The van der Waals surface area contributed by atoms with Crippen molar-refractivity contribution in [2.75, 3.05) is 18.0 Å². The van der Waals surface area contributed by atoms with Crippen LogP contribution in [0.5, 0.6) is 5.75 Å². The lowest BCUT2D eigenvalue weighted by atomic mass is 10.1. The quantitative estimate of drug-likeness (QED) is 0.809. The van der Waals surface area contributed by atoms with Gasteiger partial charge in [-0.2, -0.15) is 0 Å². The number of ether oxygens (including phenoxy) is 2. The first-order valence-electron chi connectivity index (χ1n) is 7.79. The first kappa shape index (κ1) is 15.3. The Bertz CT molecular complexity index is 882. The molecule has 2 aliphatic heterocycles. The van der Waals surface area contributed by atoms with Crippen molar-refractivity contribution in [3.05, 3.63) is 42.8 Å². The molecule has 2 saturated heterocycles. The predicted molar refractivity (Wildman–Crippen MR) is 90.5 cm³/mol. The molecule has 3 heterocycles. The van der Waals surface area contributed by atoms with Crippen LogP contribution in [-0.2, 0) is 4.74 Å². The van der Waals surface area contributed by atoms with Gasteiger partial charge in [0.2, 0.25) is 0 Å². The van der Waals surface area contributed by atoms with E-state index in [9.17, 15) is 9.59 Å². The monoisotopic (exact) mass is 340 g/mol. The standard InChI is InChI=1S/C17H16N4O4/c1-2-24-13-6-10-9(5-11(13)15(18)22)3-4-19-16(10)21-7-12-14(8-21)25-17(23)20-12/h2-6,12,14H,1,7-8H2,(H2,18,22)(H,20,23). The molecule has 2 amide bonds. The minimum absolute atomic E-state index is 0.0571. The van der Waals surface area contributed by atoms with E-state index in [0.717, 1.165) is 16.6 Å². The average molecular weight is 340 g/mol. The molecule has 4 rings (SSSR count). The van der Waals surface area contributed by atoms with E-state index in [2.05, 4.69) is 16.9 Å². The Balaban J connectivity index is 1.77. The molecule has 1 aromatic carbocycles. The summed E-state index contributed by atoms with van der Waals surface area (Å²) in [7, 11) is 0. The van der Waals surface area contributed by atoms with E-state index >= 15 is 0 Å². The van der Waals surface area contributed by atoms with Crippen LogP contribution in [0.3, 0.4) is 0 Å². The van der Waals surface area contributed by atoms with E-state index in [-0.39, 0.29) is 23.8 Å². The highest BCUT2D eigenvalue weighted by atomic mass is 16.6. The van der Waals surface area contributed by atoms with Gasteiger partial charge in [-0.3, -0.25) is 4.79 Å². The summed E-state index contributed by atoms with van der Waals surface area (Å²) in [5, 5.41) is 4.42. The number of benzene rings is 1. The molecule has 2 unspecified atom stereocenters. The fraction of sp³-hybridized carbons (Fsp3) is 0.235. The number of nitrogens with zero attached hydrogens (tertiary/aromatic N) is 2. The fourth-order valence-electron chi connectivity index (χ4n) is 3.35. The zero-order valence-electron chi connectivity index (χ0n) is 13.3. The normalized spacial score (nSPS) is 21.6. The maximum Gasteiger partial charge on any atom is 0.407 e. The third-order valence-electron chi connectivity index (χ3n) is 4.45. The van der Waals surface area contributed by atoms with Crippen LogP contribution >= 0.6 is 0 Å². The predicted octanol–water partition coefficient (Wildman–Crippen LogP) is 1.15. The molecule has 25 heavy (non-hydrogen) atoms. The number of alkyl carbamates (subject to hydrolysis) is 1. The molecule has 2 fully saturated rings. The smallest absolute Gasteiger partial charge is 0.407 e. The number of hydrogen-bond acceptors (Lipinski definition) is 6. The van der Waals surface area contributed by atoms with E-state index in [1.54, 1.807) is 24.4 Å². The molecule has 1 aromatic heterocycles. The molecule has 8 heteroatoms. The van der Waals surface area contributed by atoms with Gasteiger partial charge in [-0.15, -0.1) is 0 Å². The molecule has 0 spiro atoms. The van der Waals surface area contributed by atoms with Gasteiger partial charge >= 0.3 is 6.09 Å². The van der Waals surface area contributed by atoms with E-state index in [0.29, 0.717) is 18.8 Å². The summed E-state index contributed by atoms with van der Waals surface area (Å²) in [6.45, 7) is 4.67. The van der Waals surface area contributed by atoms with Crippen LogP contribution < -0.4 is 20.7 Å². The maximum absolute atomic E-state index is 11.7. The molecule has 8 nitrogen and oxygen atoms in total. The third-order valence-corrected chi connectivity index (χ3v) is 4.45. The van der Waals surface area contributed by atoms with Gasteiger partial charge in [0.15, 0.2) is 0 Å². The molecule has 0 radical (unpaired) electrons. The summed E-state index contributed by atoms with van der Waals surface area (Å²) in [5.74, 6) is 0.479. The maximum atomic E-state index is 11.7. The minimum Gasteiger partial charge on any atom is -0.465 e. The number of primary amides is 1. The van der Waals surface area contributed by atoms with Gasteiger partial charge in [0, 0.05) is 18.1 Å². The first-order chi connectivity index (χ1) is 12.1. The van der Waals surface area contributed by atoms with Gasteiger partial charge in [0.1, 0.15) is 17.7 Å². The number of carbonyl (C=O) groups is 2. The van der Waals surface area contributed by atoms with Gasteiger partial charge in [-0.05, 0) is 23.6 Å².